The summed E-state index contributed by atoms with van der Waals surface area (Å²) < 4.78 is 54.5. The van der Waals surface area contributed by atoms with Gasteiger partial charge in [0.25, 0.3) is 0 Å². The molecule has 3 rings (SSSR count). The van der Waals surface area contributed by atoms with Crippen molar-refractivity contribution in [1.82, 2.24) is 10.1 Å². The van der Waals surface area contributed by atoms with Crippen molar-refractivity contribution < 1.29 is 22.3 Å². The molecule has 136 valence electrons. The summed E-state index contributed by atoms with van der Waals surface area (Å²) in [6.07, 6.45) is -4.38. The first kappa shape index (κ1) is 18.2. The Morgan fingerprint density at radius 2 is 1.73 bits per heavy atom. The lowest BCUT2D eigenvalue weighted by molar-refractivity contribution is -0.159. The minimum absolute atomic E-state index is 0.147. The maximum absolute atomic E-state index is 12.7. The van der Waals surface area contributed by atoms with Crippen LogP contribution in [-0.2, 0) is 16.9 Å². The zero-order valence-electron chi connectivity index (χ0n) is 13.7. The number of halogens is 3. The summed E-state index contributed by atoms with van der Waals surface area (Å²) >= 11 is 0. The van der Waals surface area contributed by atoms with Crippen molar-refractivity contribution in [1.29, 1.82) is 0 Å². The Morgan fingerprint density at radius 3 is 2.31 bits per heavy atom. The van der Waals surface area contributed by atoms with Gasteiger partial charge in [-0.25, -0.2) is 0 Å². The average Bonchev–Trinajstić information content (AvgIpc) is 3.06. The molecule has 0 bridgehead atoms. The van der Waals surface area contributed by atoms with Crippen LogP contribution in [0.4, 0.5) is 18.9 Å². The lowest BCUT2D eigenvalue weighted by Crippen LogP contribution is -2.04. The molecule has 0 aliphatic carbocycles. The van der Waals surface area contributed by atoms with Crippen LogP contribution in [0.15, 0.2) is 59.1 Å². The van der Waals surface area contributed by atoms with Gasteiger partial charge in [0.2, 0.25) is 5.82 Å². The summed E-state index contributed by atoms with van der Waals surface area (Å²) in [7, 11) is -2.69. The third kappa shape index (κ3) is 4.52. The second-order valence-electron chi connectivity index (χ2n) is 5.85. The monoisotopic (exact) mass is 381 g/mol. The minimum Gasteiger partial charge on any atom is -0.336 e. The summed E-state index contributed by atoms with van der Waals surface area (Å²) in [6.45, 7) is 1.64. The number of nitrogens with one attached hydrogen (secondary N) is 1. The highest BCUT2D eigenvalue weighted by Gasteiger charge is 2.38. The van der Waals surface area contributed by atoms with Gasteiger partial charge in [0.05, 0.1) is 0 Å². The van der Waals surface area contributed by atoms with E-state index in [0.717, 1.165) is 11.3 Å². The molecule has 0 radical (unpaired) electrons. The Morgan fingerprint density at radius 1 is 1.08 bits per heavy atom. The molecule has 0 aliphatic rings. The number of benzene rings is 2. The van der Waals surface area contributed by atoms with Crippen LogP contribution in [-0.4, -0.2) is 16.8 Å². The van der Waals surface area contributed by atoms with E-state index in [2.05, 4.69) is 19.8 Å². The highest BCUT2D eigenvalue weighted by molar-refractivity contribution is 7.63. The van der Waals surface area contributed by atoms with Gasteiger partial charge in [-0.1, -0.05) is 47.6 Å². The molecule has 0 aliphatic heterocycles. The van der Waals surface area contributed by atoms with Gasteiger partial charge in [0.1, 0.15) is 0 Å². The van der Waals surface area contributed by atoms with E-state index in [0.29, 0.717) is 11.7 Å². The Kier molecular flexibility index (Phi) is 4.87. The molecule has 0 fully saturated rings. The van der Waals surface area contributed by atoms with Crippen molar-refractivity contribution in [2.45, 2.75) is 12.3 Å². The van der Waals surface area contributed by atoms with Crippen LogP contribution in [0.2, 0.25) is 0 Å². The number of para-hydroxylation sites is 1. The van der Waals surface area contributed by atoms with Crippen LogP contribution in [0, 0.1) is 0 Å². The number of aromatic nitrogens is 2. The standard InChI is InChI=1S/C17H15F3N3O2P/c1-26(24,23-14-5-3-2-4-6-14)11-12-7-9-13(10-8-12)15-21-16(25-22-15)17(18,19)20/h2-10H,11H2,1H3,(H,23,24). The quantitative estimate of drug-likeness (QED) is 0.610. The van der Waals surface area contributed by atoms with Crippen LogP contribution in [0.1, 0.15) is 11.5 Å². The molecular weight excluding hydrogens is 366 g/mol. The van der Waals surface area contributed by atoms with Crippen molar-refractivity contribution in [3.63, 3.8) is 0 Å². The molecule has 1 atom stereocenters. The van der Waals surface area contributed by atoms with Crippen LogP contribution in [0.3, 0.4) is 0 Å². The molecular formula is C17H15F3N3O2P. The molecule has 0 saturated heterocycles. The third-order valence-corrected chi connectivity index (χ3v) is 5.20. The smallest absolute Gasteiger partial charge is 0.336 e. The van der Waals surface area contributed by atoms with Crippen molar-refractivity contribution in [3.8, 4) is 11.4 Å². The summed E-state index contributed by atoms with van der Waals surface area (Å²) in [5.74, 6) is -1.53. The molecule has 1 unspecified atom stereocenters. The molecule has 5 nitrogen and oxygen atoms in total. The van der Waals surface area contributed by atoms with E-state index in [1.807, 2.05) is 30.3 Å². The van der Waals surface area contributed by atoms with Gasteiger partial charge < -0.3 is 14.2 Å². The van der Waals surface area contributed by atoms with Gasteiger partial charge in [-0.05, 0) is 17.7 Å². The van der Waals surface area contributed by atoms with Gasteiger partial charge in [0, 0.05) is 24.1 Å². The van der Waals surface area contributed by atoms with Gasteiger partial charge in [-0.2, -0.15) is 18.2 Å². The second kappa shape index (κ2) is 6.96. The first-order chi connectivity index (χ1) is 12.2. The maximum Gasteiger partial charge on any atom is 0.471 e. The highest BCUT2D eigenvalue weighted by Crippen LogP contribution is 2.45. The van der Waals surface area contributed by atoms with Crippen molar-refractivity contribution in [2.75, 3.05) is 11.8 Å². The zero-order valence-corrected chi connectivity index (χ0v) is 14.6. The Hall–Kier alpha value is -2.60. The SMILES string of the molecule is CP(=O)(Cc1ccc(-c2noc(C(F)(F)F)n2)cc1)Nc1ccccc1. The van der Waals surface area contributed by atoms with Crippen molar-refractivity contribution in [2.24, 2.45) is 0 Å². The highest BCUT2D eigenvalue weighted by atomic mass is 31.2. The van der Waals surface area contributed by atoms with Crippen LogP contribution in [0.25, 0.3) is 11.4 Å². The molecule has 0 amide bonds. The minimum atomic E-state index is -4.68. The van der Waals surface area contributed by atoms with Crippen molar-refractivity contribution in [3.05, 3.63) is 66.1 Å². The first-order valence-electron chi connectivity index (χ1n) is 7.63. The van der Waals surface area contributed by atoms with E-state index in [4.69, 9.17) is 0 Å². The lowest BCUT2D eigenvalue weighted by Gasteiger charge is -2.16. The summed E-state index contributed by atoms with van der Waals surface area (Å²) in [5.41, 5.74) is 1.93. The van der Waals surface area contributed by atoms with Crippen molar-refractivity contribution >= 4 is 13.0 Å². The molecule has 9 heteroatoms. The summed E-state index contributed by atoms with van der Waals surface area (Å²) in [4.78, 5) is 3.34. The number of nitrogens with zero attached hydrogens (tertiary/aromatic N) is 2. The molecule has 1 N–H and O–H groups in total. The Bertz CT molecular complexity index is 924. The fourth-order valence-electron chi connectivity index (χ4n) is 2.39. The predicted molar refractivity (Wildman–Crippen MR) is 92.0 cm³/mol. The number of anilines is 1. The molecule has 0 spiro atoms. The normalized spacial score (nSPS) is 14.0. The Labute approximate surface area is 147 Å². The van der Waals surface area contributed by atoms with E-state index in [-0.39, 0.29) is 5.82 Å². The van der Waals surface area contributed by atoms with Crippen LogP contribution < -0.4 is 5.09 Å². The fourth-order valence-corrected chi connectivity index (χ4v) is 4.07. The van der Waals surface area contributed by atoms with Gasteiger partial charge in [0.15, 0.2) is 7.29 Å². The second-order valence-corrected chi connectivity index (χ2v) is 8.60. The number of hydrogen-bond donors (Lipinski definition) is 1. The first-order valence-corrected chi connectivity index (χ1v) is 9.97. The Balaban J connectivity index is 1.71. The third-order valence-electron chi connectivity index (χ3n) is 3.50. The van der Waals surface area contributed by atoms with E-state index in [1.165, 1.54) is 0 Å². The maximum atomic E-state index is 12.7. The molecule has 1 heterocycles. The number of rotatable bonds is 5. The summed E-state index contributed by atoms with van der Waals surface area (Å²) in [6, 6.07) is 15.7. The fraction of sp³-hybridized carbons (Fsp3) is 0.176. The van der Waals surface area contributed by atoms with Gasteiger partial charge in [-0.3, -0.25) is 0 Å². The van der Waals surface area contributed by atoms with Crippen LogP contribution in [0.5, 0.6) is 0 Å². The number of hydrogen-bond acceptors (Lipinski definition) is 4. The molecule has 3 aromatic rings. The van der Waals surface area contributed by atoms with Gasteiger partial charge >= 0.3 is 12.1 Å². The van der Waals surface area contributed by atoms with Crippen LogP contribution >= 0.6 is 7.29 Å². The topological polar surface area (TPSA) is 68.0 Å². The summed E-state index contributed by atoms with van der Waals surface area (Å²) in [5, 5.41) is 6.36. The van der Waals surface area contributed by atoms with E-state index >= 15 is 0 Å². The van der Waals surface area contributed by atoms with E-state index in [9.17, 15) is 17.7 Å². The molecule has 0 saturated carbocycles. The van der Waals surface area contributed by atoms with Gasteiger partial charge in [-0.15, -0.1) is 0 Å². The zero-order chi connectivity index (χ0) is 18.8. The van der Waals surface area contributed by atoms with E-state index < -0.39 is 19.4 Å². The molecule has 1 aromatic heterocycles. The average molecular weight is 381 g/mol. The predicted octanol–water partition coefficient (Wildman–Crippen LogP) is 5.28. The lowest BCUT2D eigenvalue weighted by atomic mass is 10.1. The largest absolute Gasteiger partial charge is 0.471 e. The van der Waals surface area contributed by atoms with E-state index in [1.54, 1.807) is 30.9 Å². The number of alkyl halides is 3. The molecule has 26 heavy (non-hydrogen) atoms. The molecule has 2 aromatic carbocycles.